The van der Waals surface area contributed by atoms with Crippen molar-refractivity contribution >= 4 is 11.7 Å². The number of hydrogen-bond donors (Lipinski definition) is 1. The number of rotatable bonds is 3. The lowest BCUT2D eigenvalue weighted by molar-refractivity contribution is 0.0473. The molecule has 19 heavy (non-hydrogen) atoms. The summed E-state index contributed by atoms with van der Waals surface area (Å²) >= 11 is 0. The molecule has 2 aromatic rings. The van der Waals surface area contributed by atoms with Gasteiger partial charge in [0.25, 0.3) is 0 Å². The Balaban J connectivity index is 2.08. The number of benzene rings is 1. The van der Waals surface area contributed by atoms with Crippen molar-refractivity contribution in [1.82, 2.24) is 4.98 Å². The van der Waals surface area contributed by atoms with Gasteiger partial charge in [-0.3, -0.25) is 4.98 Å². The Labute approximate surface area is 112 Å². The number of aryl methyl sites for hydroxylation is 2. The first kappa shape index (κ1) is 13.1. The number of carbonyl (C=O) groups excluding carboxylic acids is 1. The first-order chi connectivity index (χ1) is 9.08. The normalized spacial score (nSPS) is 10.2. The maximum atomic E-state index is 12.0. The van der Waals surface area contributed by atoms with E-state index in [-0.39, 0.29) is 6.61 Å². The second-order valence-electron chi connectivity index (χ2n) is 4.48. The van der Waals surface area contributed by atoms with Crippen LogP contribution in [-0.4, -0.2) is 11.0 Å². The average molecular weight is 256 g/mol. The number of nitrogens with zero attached hydrogens (tertiary/aromatic N) is 1. The molecule has 0 spiro atoms. The van der Waals surface area contributed by atoms with E-state index in [0.29, 0.717) is 11.3 Å². The van der Waals surface area contributed by atoms with E-state index in [2.05, 4.69) is 4.98 Å². The van der Waals surface area contributed by atoms with Crippen LogP contribution in [0.5, 0.6) is 0 Å². The molecule has 1 aromatic heterocycles. The van der Waals surface area contributed by atoms with Gasteiger partial charge in [0.05, 0.1) is 5.56 Å². The van der Waals surface area contributed by atoms with Gasteiger partial charge in [-0.2, -0.15) is 0 Å². The quantitative estimate of drug-likeness (QED) is 0.677. The highest BCUT2D eigenvalue weighted by atomic mass is 16.5. The number of nitrogens with two attached hydrogens (primary N) is 1. The van der Waals surface area contributed by atoms with Crippen molar-refractivity contribution in [2.24, 2.45) is 0 Å². The molecule has 1 aromatic carbocycles. The Bertz CT molecular complexity index is 609. The summed E-state index contributed by atoms with van der Waals surface area (Å²) in [7, 11) is 0. The summed E-state index contributed by atoms with van der Waals surface area (Å²) in [5.41, 5.74) is 9.49. The molecule has 4 nitrogen and oxygen atoms in total. The molecular formula is C15H16N2O2. The molecule has 0 aliphatic rings. The zero-order valence-electron chi connectivity index (χ0n) is 11.0. The molecular weight excluding hydrogens is 240 g/mol. The summed E-state index contributed by atoms with van der Waals surface area (Å²) in [4.78, 5) is 16.0. The summed E-state index contributed by atoms with van der Waals surface area (Å²) < 4.78 is 5.25. The molecule has 0 bridgehead atoms. The van der Waals surface area contributed by atoms with Crippen molar-refractivity contribution in [2.45, 2.75) is 20.5 Å². The van der Waals surface area contributed by atoms with E-state index in [1.165, 1.54) is 0 Å². The molecule has 0 unspecified atom stereocenters. The topological polar surface area (TPSA) is 65.2 Å². The molecule has 2 rings (SSSR count). The van der Waals surface area contributed by atoms with E-state index in [9.17, 15) is 4.79 Å². The van der Waals surface area contributed by atoms with Crippen molar-refractivity contribution in [2.75, 3.05) is 5.73 Å². The lowest BCUT2D eigenvalue weighted by Gasteiger charge is -2.08. The Morgan fingerprint density at radius 3 is 2.84 bits per heavy atom. The number of esters is 1. The highest BCUT2D eigenvalue weighted by Crippen LogP contribution is 2.18. The van der Waals surface area contributed by atoms with Crippen LogP contribution in [0.1, 0.15) is 27.0 Å². The van der Waals surface area contributed by atoms with Gasteiger partial charge in [-0.1, -0.05) is 12.1 Å². The van der Waals surface area contributed by atoms with Crippen LogP contribution in [0.25, 0.3) is 0 Å². The average Bonchev–Trinajstić information content (AvgIpc) is 2.39. The number of ether oxygens (including phenoxy) is 1. The molecule has 1 heterocycles. The van der Waals surface area contributed by atoms with Gasteiger partial charge >= 0.3 is 5.97 Å². The highest BCUT2D eigenvalue weighted by Gasteiger charge is 2.12. The molecule has 0 saturated heterocycles. The molecule has 0 fully saturated rings. The van der Waals surface area contributed by atoms with Crippen LogP contribution in [0.2, 0.25) is 0 Å². The van der Waals surface area contributed by atoms with Crippen LogP contribution in [0.4, 0.5) is 5.69 Å². The van der Waals surface area contributed by atoms with Crippen molar-refractivity contribution in [3.8, 4) is 0 Å². The fourth-order valence-corrected chi connectivity index (χ4v) is 1.78. The second-order valence-corrected chi connectivity index (χ2v) is 4.48. The number of carbonyl (C=O) groups is 1. The molecule has 0 aliphatic carbocycles. The van der Waals surface area contributed by atoms with Crippen molar-refractivity contribution < 1.29 is 9.53 Å². The molecule has 0 amide bonds. The Kier molecular flexibility index (Phi) is 3.80. The Morgan fingerprint density at radius 2 is 2.11 bits per heavy atom. The van der Waals surface area contributed by atoms with E-state index < -0.39 is 5.97 Å². The van der Waals surface area contributed by atoms with Gasteiger partial charge in [-0.15, -0.1) is 0 Å². The summed E-state index contributed by atoms with van der Waals surface area (Å²) in [6.07, 6.45) is 3.43. The van der Waals surface area contributed by atoms with Crippen LogP contribution in [0, 0.1) is 13.8 Å². The minimum atomic E-state index is -0.414. The Hall–Kier alpha value is -2.36. The van der Waals surface area contributed by atoms with Gasteiger partial charge in [-0.25, -0.2) is 4.79 Å². The fourth-order valence-electron chi connectivity index (χ4n) is 1.78. The second kappa shape index (κ2) is 5.52. The van der Waals surface area contributed by atoms with Crippen LogP contribution in [0.15, 0.2) is 36.7 Å². The first-order valence-corrected chi connectivity index (χ1v) is 6.00. The molecule has 4 heteroatoms. The number of anilines is 1. The van der Waals surface area contributed by atoms with Gasteiger partial charge in [0.15, 0.2) is 0 Å². The number of aromatic nitrogens is 1. The minimum absolute atomic E-state index is 0.195. The van der Waals surface area contributed by atoms with E-state index >= 15 is 0 Å². The number of nitrogen functional groups attached to an aromatic ring is 1. The van der Waals surface area contributed by atoms with E-state index in [4.69, 9.17) is 10.5 Å². The summed E-state index contributed by atoms with van der Waals surface area (Å²) in [6.45, 7) is 3.99. The van der Waals surface area contributed by atoms with Crippen molar-refractivity contribution in [3.63, 3.8) is 0 Å². The number of hydrogen-bond acceptors (Lipinski definition) is 4. The zero-order valence-corrected chi connectivity index (χ0v) is 11.0. The van der Waals surface area contributed by atoms with Gasteiger partial charge in [-0.05, 0) is 37.1 Å². The zero-order chi connectivity index (χ0) is 13.8. The largest absolute Gasteiger partial charge is 0.457 e. The lowest BCUT2D eigenvalue weighted by atomic mass is 10.1. The monoisotopic (exact) mass is 256 g/mol. The van der Waals surface area contributed by atoms with E-state index in [0.717, 1.165) is 16.7 Å². The van der Waals surface area contributed by atoms with Gasteiger partial charge in [0, 0.05) is 23.6 Å². The molecule has 0 aliphatic heterocycles. The van der Waals surface area contributed by atoms with Crippen LogP contribution >= 0.6 is 0 Å². The maximum absolute atomic E-state index is 12.0. The van der Waals surface area contributed by atoms with Gasteiger partial charge < -0.3 is 10.5 Å². The fraction of sp³-hybridized carbons (Fsp3) is 0.200. The highest BCUT2D eigenvalue weighted by molar-refractivity contribution is 5.95. The van der Waals surface area contributed by atoms with Gasteiger partial charge in [0.1, 0.15) is 6.61 Å². The minimum Gasteiger partial charge on any atom is -0.457 e. The van der Waals surface area contributed by atoms with Gasteiger partial charge in [0.2, 0.25) is 0 Å². The first-order valence-electron chi connectivity index (χ1n) is 6.00. The third kappa shape index (κ3) is 3.10. The molecule has 0 atom stereocenters. The van der Waals surface area contributed by atoms with E-state index in [1.807, 2.05) is 26.0 Å². The van der Waals surface area contributed by atoms with E-state index in [1.54, 1.807) is 24.5 Å². The standard InChI is InChI=1S/C15H16N2O2/c1-10-6-12(8-17-7-10)9-19-15(18)13-5-3-4-11(2)14(13)16/h3-8H,9,16H2,1-2H3. The van der Waals surface area contributed by atoms with Crippen LogP contribution in [0.3, 0.4) is 0 Å². The summed E-state index contributed by atoms with van der Waals surface area (Å²) in [6, 6.07) is 7.24. The predicted molar refractivity (Wildman–Crippen MR) is 73.7 cm³/mol. The summed E-state index contributed by atoms with van der Waals surface area (Å²) in [5, 5.41) is 0. The lowest BCUT2D eigenvalue weighted by Crippen LogP contribution is -2.09. The Morgan fingerprint density at radius 1 is 1.32 bits per heavy atom. The SMILES string of the molecule is Cc1cncc(COC(=O)c2cccc(C)c2N)c1. The maximum Gasteiger partial charge on any atom is 0.340 e. The van der Waals surface area contributed by atoms with Crippen molar-refractivity contribution in [3.05, 3.63) is 58.9 Å². The summed E-state index contributed by atoms with van der Waals surface area (Å²) in [5.74, 6) is -0.414. The molecule has 2 N–H and O–H groups in total. The predicted octanol–water partition coefficient (Wildman–Crippen LogP) is 2.64. The number of para-hydroxylation sites is 1. The molecule has 98 valence electrons. The van der Waals surface area contributed by atoms with Crippen molar-refractivity contribution in [1.29, 1.82) is 0 Å². The van der Waals surface area contributed by atoms with Crippen LogP contribution in [-0.2, 0) is 11.3 Å². The smallest absolute Gasteiger partial charge is 0.340 e. The van der Waals surface area contributed by atoms with Crippen LogP contribution < -0.4 is 5.73 Å². The third-order valence-electron chi connectivity index (χ3n) is 2.85. The third-order valence-corrected chi connectivity index (χ3v) is 2.85. The molecule has 0 saturated carbocycles. The molecule has 0 radical (unpaired) electrons. The number of pyridine rings is 1.